The molecular weight excluding hydrogens is 344 g/mol. The molecule has 3 aromatic rings. The first-order valence-corrected chi connectivity index (χ1v) is 10.2. The van der Waals surface area contributed by atoms with Gasteiger partial charge in [0.05, 0.1) is 6.54 Å². The zero-order valence-corrected chi connectivity index (χ0v) is 16.7. The van der Waals surface area contributed by atoms with Crippen molar-refractivity contribution in [3.63, 3.8) is 0 Å². The van der Waals surface area contributed by atoms with Crippen LogP contribution in [0.1, 0.15) is 43.0 Å². The number of benzene rings is 2. The van der Waals surface area contributed by atoms with E-state index in [0.29, 0.717) is 12.5 Å². The van der Waals surface area contributed by atoms with Crippen molar-refractivity contribution in [1.29, 1.82) is 0 Å². The summed E-state index contributed by atoms with van der Waals surface area (Å²) in [6.45, 7) is 5.72. The summed E-state index contributed by atoms with van der Waals surface area (Å²) in [7, 11) is 0. The normalized spacial score (nSPS) is 18.2. The van der Waals surface area contributed by atoms with E-state index >= 15 is 0 Å². The van der Waals surface area contributed by atoms with Gasteiger partial charge in [-0.3, -0.25) is 4.79 Å². The number of aromatic nitrogens is 1. The Hall–Kier alpha value is -2.81. The first-order chi connectivity index (χ1) is 13.6. The molecule has 0 N–H and O–H groups in total. The van der Waals surface area contributed by atoms with E-state index in [-0.39, 0.29) is 17.9 Å². The summed E-state index contributed by atoms with van der Waals surface area (Å²) >= 11 is 0. The molecule has 1 aliphatic rings. The van der Waals surface area contributed by atoms with E-state index in [1.165, 1.54) is 16.8 Å². The first kappa shape index (κ1) is 18.5. The van der Waals surface area contributed by atoms with Crippen LogP contribution in [0.2, 0.25) is 0 Å². The van der Waals surface area contributed by atoms with E-state index in [1.807, 2.05) is 17.0 Å². The molecule has 0 radical (unpaired) electrons. The minimum Gasteiger partial charge on any atom is -0.345 e. The fourth-order valence-corrected chi connectivity index (χ4v) is 3.97. The van der Waals surface area contributed by atoms with Crippen LogP contribution in [0.5, 0.6) is 0 Å². The van der Waals surface area contributed by atoms with Gasteiger partial charge in [-0.05, 0) is 49.4 Å². The van der Waals surface area contributed by atoms with Crippen molar-refractivity contribution in [2.24, 2.45) is 5.92 Å². The number of carbonyl (C=O) groups is 1. The molecule has 1 saturated carbocycles. The van der Waals surface area contributed by atoms with Crippen molar-refractivity contribution in [3.05, 3.63) is 95.8 Å². The average molecular weight is 373 g/mol. The number of nitrogens with zero attached hydrogens (tertiary/aromatic N) is 2. The summed E-state index contributed by atoms with van der Waals surface area (Å²) < 4.78 is 2.25. The molecule has 3 heteroatoms. The molecular formula is C25H28N2O. The van der Waals surface area contributed by atoms with Crippen LogP contribution < -0.4 is 0 Å². The molecule has 0 bridgehead atoms. The van der Waals surface area contributed by atoms with E-state index in [1.54, 1.807) is 0 Å². The lowest BCUT2D eigenvalue weighted by Gasteiger charge is -2.28. The fourth-order valence-electron chi connectivity index (χ4n) is 3.97. The van der Waals surface area contributed by atoms with Gasteiger partial charge < -0.3 is 9.47 Å². The third-order valence-electron chi connectivity index (χ3n) is 5.69. The molecule has 1 fully saturated rings. The van der Waals surface area contributed by atoms with Crippen LogP contribution in [0.15, 0.2) is 79.0 Å². The van der Waals surface area contributed by atoms with Gasteiger partial charge in [-0.1, -0.05) is 60.7 Å². The van der Waals surface area contributed by atoms with Crippen LogP contribution in [-0.4, -0.2) is 21.4 Å². The largest absolute Gasteiger partial charge is 0.345 e. The molecule has 1 aliphatic carbocycles. The Bertz CT molecular complexity index is 914. The van der Waals surface area contributed by atoms with Gasteiger partial charge in [-0.2, -0.15) is 0 Å². The lowest BCUT2D eigenvalue weighted by Crippen LogP contribution is -2.38. The molecule has 28 heavy (non-hydrogen) atoms. The monoisotopic (exact) mass is 372 g/mol. The van der Waals surface area contributed by atoms with Gasteiger partial charge in [-0.15, -0.1) is 0 Å². The van der Waals surface area contributed by atoms with Crippen LogP contribution in [0.3, 0.4) is 0 Å². The third kappa shape index (κ3) is 4.04. The van der Waals surface area contributed by atoms with Gasteiger partial charge in [0.15, 0.2) is 0 Å². The maximum absolute atomic E-state index is 13.2. The summed E-state index contributed by atoms with van der Waals surface area (Å²) in [5.74, 6) is 0.796. The van der Waals surface area contributed by atoms with Gasteiger partial charge in [0.25, 0.3) is 0 Å². The topological polar surface area (TPSA) is 25.2 Å². The maximum atomic E-state index is 13.2. The Morgan fingerprint density at radius 3 is 2.36 bits per heavy atom. The van der Waals surface area contributed by atoms with Crippen LogP contribution >= 0.6 is 0 Å². The number of carbonyl (C=O) groups excluding carboxylic acids is 1. The van der Waals surface area contributed by atoms with Gasteiger partial charge in [-0.25, -0.2) is 0 Å². The van der Waals surface area contributed by atoms with Crippen molar-refractivity contribution < 1.29 is 4.79 Å². The van der Waals surface area contributed by atoms with E-state index in [9.17, 15) is 4.79 Å². The van der Waals surface area contributed by atoms with Crippen LogP contribution in [0.25, 0.3) is 0 Å². The van der Waals surface area contributed by atoms with Crippen molar-refractivity contribution in [1.82, 2.24) is 9.47 Å². The Balaban J connectivity index is 1.47. The molecule has 3 nitrogen and oxygen atoms in total. The van der Waals surface area contributed by atoms with Gasteiger partial charge in [0.2, 0.25) is 5.91 Å². The standard InChI is InChI=1S/C25H28N2O/c1-19(2)27(25(28)24-16-23(24)21-12-7-4-8-13-21)18-22-14-9-15-26(22)17-20-10-5-3-6-11-20/h3-15,19,23-24H,16-18H2,1-2H3/t23-,24-/m0/s1. The molecule has 0 aliphatic heterocycles. The number of hydrogen-bond donors (Lipinski definition) is 0. The summed E-state index contributed by atoms with van der Waals surface area (Å²) in [6.07, 6.45) is 3.08. The van der Waals surface area contributed by atoms with Crippen molar-refractivity contribution in [2.45, 2.75) is 45.3 Å². The molecule has 4 rings (SSSR count). The molecule has 0 saturated heterocycles. The SMILES string of the molecule is CC(C)N(Cc1cccn1Cc1ccccc1)C(=O)[C@H]1C[C@H]1c1ccccc1. The zero-order chi connectivity index (χ0) is 19.5. The van der Waals surface area contributed by atoms with E-state index in [2.05, 4.69) is 85.3 Å². The predicted molar refractivity (Wildman–Crippen MR) is 113 cm³/mol. The molecule has 144 valence electrons. The highest BCUT2D eigenvalue weighted by Gasteiger charge is 2.46. The fraction of sp³-hybridized carbons (Fsp3) is 0.320. The van der Waals surface area contributed by atoms with E-state index < -0.39 is 0 Å². The number of hydrogen-bond acceptors (Lipinski definition) is 1. The predicted octanol–water partition coefficient (Wildman–Crippen LogP) is 5.08. The highest BCUT2D eigenvalue weighted by atomic mass is 16.2. The van der Waals surface area contributed by atoms with Crippen molar-refractivity contribution in [3.8, 4) is 0 Å². The summed E-state index contributed by atoms with van der Waals surface area (Å²) in [5.41, 5.74) is 3.74. The average Bonchev–Trinajstić information content (AvgIpc) is 3.41. The quantitative estimate of drug-likeness (QED) is 0.568. The Morgan fingerprint density at radius 1 is 1.00 bits per heavy atom. The second-order valence-corrected chi connectivity index (χ2v) is 8.03. The number of amides is 1. The van der Waals surface area contributed by atoms with Crippen LogP contribution in [-0.2, 0) is 17.9 Å². The lowest BCUT2D eigenvalue weighted by molar-refractivity contribution is -0.135. The molecule has 1 aromatic heterocycles. The van der Waals surface area contributed by atoms with Crippen LogP contribution in [0.4, 0.5) is 0 Å². The summed E-state index contributed by atoms with van der Waals surface area (Å²) in [4.78, 5) is 15.3. The Morgan fingerprint density at radius 2 is 1.68 bits per heavy atom. The maximum Gasteiger partial charge on any atom is 0.226 e. The Kier molecular flexibility index (Phi) is 5.34. The van der Waals surface area contributed by atoms with Gasteiger partial charge in [0.1, 0.15) is 0 Å². The molecule has 2 aromatic carbocycles. The molecule has 0 spiro atoms. The highest BCUT2D eigenvalue weighted by molar-refractivity contribution is 5.83. The second kappa shape index (κ2) is 8.05. The van der Waals surface area contributed by atoms with Gasteiger partial charge in [0, 0.05) is 30.4 Å². The minimum atomic E-state index is 0.127. The highest BCUT2D eigenvalue weighted by Crippen LogP contribution is 2.48. The van der Waals surface area contributed by atoms with E-state index in [0.717, 1.165) is 13.0 Å². The van der Waals surface area contributed by atoms with Crippen molar-refractivity contribution >= 4 is 5.91 Å². The summed E-state index contributed by atoms with van der Waals surface area (Å²) in [5, 5.41) is 0. The smallest absolute Gasteiger partial charge is 0.226 e. The molecule has 0 unspecified atom stereocenters. The summed E-state index contributed by atoms with van der Waals surface area (Å²) in [6, 6.07) is 25.3. The first-order valence-electron chi connectivity index (χ1n) is 10.2. The Labute approximate surface area is 167 Å². The van der Waals surface area contributed by atoms with E-state index in [4.69, 9.17) is 0 Å². The molecule has 1 amide bonds. The molecule has 2 atom stereocenters. The minimum absolute atomic E-state index is 0.127. The molecule has 1 heterocycles. The lowest BCUT2D eigenvalue weighted by atomic mass is 10.1. The number of rotatable bonds is 7. The van der Waals surface area contributed by atoms with Crippen molar-refractivity contribution in [2.75, 3.05) is 0 Å². The van der Waals surface area contributed by atoms with Gasteiger partial charge >= 0.3 is 0 Å². The second-order valence-electron chi connectivity index (χ2n) is 8.03. The zero-order valence-electron chi connectivity index (χ0n) is 16.7. The van der Waals surface area contributed by atoms with Crippen LogP contribution in [0, 0.1) is 5.92 Å². The third-order valence-corrected chi connectivity index (χ3v) is 5.69.